The summed E-state index contributed by atoms with van der Waals surface area (Å²) in [5, 5.41) is 3.08. The van der Waals surface area contributed by atoms with Crippen LogP contribution in [-0.2, 0) is 20.8 Å². The number of amides is 2. The highest BCUT2D eigenvalue weighted by atomic mass is 32.1. The lowest BCUT2D eigenvalue weighted by Crippen LogP contribution is -2.39. The zero-order valence-corrected chi connectivity index (χ0v) is 19.9. The molecule has 1 atom stereocenters. The third kappa shape index (κ3) is 6.29. The summed E-state index contributed by atoms with van der Waals surface area (Å²) in [7, 11) is 0. The van der Waals surface area contributed by atoms with E-state index in [1.54, 1.807) is 38.1 Å². The Hall–Kier alpha value is -2.98. The van der Waals surface area contributed by atoms with Crippen LogP contribution < -0.4 is 5.32 Å². The molecule has 2 aromatic heterocycles. The van der Waals surface area contributed by atoms with E-state index < -0.39 is 18.0 Å². The Labute approximate surface area is 197 Å². The fourth-order valence-corrected chi connectivity index (χ4v) is 4.66. The van der Waals surface area contributed by atoms with Crippen molar-refractivity contribution in [2.24, 2.45) is 0 Å². The van der Waals surface area contributed by atoms with E-state index in [0.29, 0.717) is 25.3 Å². The number of hydrogen-bond acceptors (Lipinski definition) is 8. The van der Waals surface area contributed by atoms with E-state index in [1.165, 1.54) is 0 Å². The van der Waals surface area contributed by atoms with Crippen molar-refractivity contribution in [2.45, 2.75) is 46.3 Å². The summed E-state index contributed by atoms with van der Waals surface area (Å²) >= 11 is 1.01. The molecule has 178 valence electrons. The largest absolute Gasteiger partial charge is 0.462 e. The molecule has 9 nitrogen and oxygen atoms in total. The van der Waals surface area contributed by atoms with Crippen molar-refractivity contribution >= 4 is 34.3 Å². The molecule has 2 amide bonds. The van der Waals surface area contributed by atoms with Crippen LogP contribution in [0.3, 0.4) is 0 Å². The predicted molar refractivity (Wildman–Crippen MR) is 124 cm³/mol. The van der Waals surface area contributed by atoms with Crippen molar-refractivity contribution in [3.63, 3.8) is 0 Å². The van der Waals surface area contributed by atoms with Gasteiger partial charge in [-0.2, -0.15) is 0 Å². The standard InChI is InChI=1S/C23H29N3O6S/c1-4-30-21(27)18-15(3)19(22(28)31-5-2)33-20(18)25-23(29)26(14-17-9-7-11-32-17)13-16-8-6-10-24-12-16/h6,8,10,12,17H,4-5,7,9,11,13-14H2,1-3H3,(H,25,29). The quantitative estimate of drug-likeness (QED) is 0.546. The van der Waals surface area contributed by atoms with Gasteiger partial charge in [0.05, 0.1) is 24.9 Å². The molecule has 33 heavy (non-hydrogen) atoms. The Morgan fingerprint density at radius 2 is 2.00 bits per heavy atom. The Balaban J connectivity index is 1.88. The van der Waals surface area contributed by atoms with Gasteiger partial charge in [0.1, 0.15) is 9.88 Å². The molecule has 1 N–H and O–H groups in total. The van der Waals surface area contributed by atoms with Gasteiger partial charge in [-0.25, -0.2) is 14.4 Å². The molecular weight excluding hydrogens is 446 g/mol. The summed E-state index contributed by atoms with van der Waals surface area (Å²) in [4.78, 5) is 44.4. The van der Waals surface area contributed by atoms with E-state index in [1.807, 2.05) is 12.1 Å². The van der Waals surface area contributed by atoms with Crippen molar-refractivity contribution in [1.29, 1.82) is 0 Å². The summed E-state index contributed by atoms with van der Waals surface area (Å²) in [6, 6.07) is 3.29. The highest BCUT2D eigenvalue weighted by molar-refractivity contribution is 7.18. The molecule has 0 aliphatic carbocycles. The molecule has 2 aromatic rings. The number of ether oxygens (including phenoxy) is 3. The number of urea groups is 1. The van der Waals surface area contributed by atoms with E-state index in [2.05, 4.69) is 10.3 Å². The van der Waals surface area contributed by atoms with Gasteiger partial charge in [0, 0.05) is 32.1 Å². The van der Waals surface area contributed by atoms with Crippen LogP contribution in [0.2, 0.25) is 0 Å². The molecule has 1 aliphatic rings. The van der Waals surface area contributed by atoms with E-state index >= 15 is 0 Å². The summed E-state index contributed by atoms with van der Waals surface area (Å²) in [6.07, 6.45) is 5.14. The van der Waals surface area contributed by atoms with Gasteiger partial charge in [-0.05, 0) is 50.8 Å². The molecule has 3 heterocycles. The Morgan fingerprint density at radius 3 is 2.64 bits per heavy atom. The van der Waals surface area contributed by atoms with Crippen LogP contribution in [0.5, 0.6) is 0 Å². The van der Waals surface area contributed by atoms with E-state index in [4.69, 9.17) is 14.2 Å². The zero-order chi connectivity index (χ0) is 23.8. The smallest absolute Gasteiger partial charge is 0.348 e. The van der Waals surface area contributed by atoms with Gasteiger partial charge in [-0.15, -0.1) is 11.3 Å². The van der Waals surface area contributed by atoms with Gasteiger partial charge in [0.15, 0.2) is 0 Å². The van der Waals surface area contributed by atoms with Crippen LogP contribution in [0.25, 0.3) is 0 Å². The maximum absolute atomic E-state index is 13.3. The molecule has 1 saturated heterocycles. The molecule has 0 aromatic carbocycles. The van der Waals surface area contributed by atoms with E-state index in [0.717, 1.165) is 29.7 Å². The molecule has 3 rings (SSSR count). The van der Waals surface area contributed by atoms with Crippen molar-refractivity contribution < 1.29 is 28.6 Å². The lowest BCUT2D eigenvalue weighted by atomic mass is 10.1. The maximum atomic E-state index is 13.3. The number of anilines is 1. The van der Waals surface area contributed by atoms with E-state index in [9.17, 15) is 14.4 Å². The van der Waals surface area contributed by atoms with Crippen LogP contribution >= 0.6 is 11.3 Å². The molecule has 0 radical (unpaired) electrons. The van der Waals surface area contributed by atoms with Crippen LogP contribution in [0.4, 0.5) is 9.80 Å². The number of carbonyl (C=O) groups is 3. The Bertz CT molecular complexity index is 972. The monoisotopic (exact) mass is 475 g/mol. The van der Waals surface area contributed by atoms with Crippen LogP contribution in [0.1, 0.15) is 57.8 Å². The fraction of sp³-hybridized carbons (Fsp3) is 0.478. The number of aromatic nitrogens is 1. The fourth-order valence-electron chi connectivity index (χ4n) is 3.58. The molecule has 1 unspecified atom stereocenters. The van der Waals surface area contributed by atoms with Crippen molar-refractivity contribution in [1.82, 2.24) is 9.88 Å². The van der Waals surface area contributed by atoms with Crippen LogP contribution in [0, 0.1) is 6.92 Å². The third-order valence-corrected chi connectivity index (χ3v) is 6.33. The minimum Gasteiger partial charge on any atom is -0.462 e. The van der Waals surface area contributed by atoms with Crippen LogP contribution in [-0.4, -0.2) is 60.3 Å². The number of hydrogen-bond donors (Lipinski definition) is 1. The number of esters is 2. The van der Waals surface area contributed by atoms with Gasteiger partial charge in [0.2, 0.25) is 0 Å². The first-order valence-electron chi connectivity index (χ1n) is 11.0. The highest BCUT2D eigenvalue weighted by Gasteiger charge is 2.29. The molecular formula is C23H29N3O6S. The summed E-state index contributed by atoms with van der Waals surface area (Å²) < 4.78 is 16.0. The Kier molecular flexibility index (Phi) is 8.79. The first-order chi connectivity index (χ1) is 15.9. The lowest BCUT2D eigenvalue weighted by Gasteiger charge is -2.25. The normalized spacial score (nSPS) is 15.2. The maximum Gasteiger partial charge on any atom is 0.348 e. The number of thiophene rings is 1. The number of pyridine rings is 1. The van der Waals surface area contributed by atoms with Gasteiger partial charge < -0.3 is 19.1 Å². The zero-order valence-electron chi connectivity index (χ0n) is 19.1. The SMILES string of the molecule is CCOC(=O)c1sc(NC(=O)N(Cc2cccnc2)CC2CCCO2)c(C(=O)OCC)c1C. The van der Waals surface area contributed by atoms with Gasteiger partial charge in [-0.1, -0.05) is 6.07 Å². The summed E-state index contributed by atoms with van der Waals surface area (Å²) in [6.45, 7) is 6.80. The second-order valence-electron chi connectivity index (χ2n) is 7.51. The van der Waals surface area contributed by atoms with Crippen molar-refractivity contribution in [3.8, 4) is 0 Å². The highest BCUT2D eigenvalue weighted by Crippen LogP contribution is 2.34. The summed E-state index contributed by atoms with van der Waals surface area (Å²) in [5.74, 6) is -1.15. The second-order valence-corrected chi connectivity index (χ2v) is 8.53. The van der Waals surface area contributed by atoms with Gasteiger partial charge in [0.25, 0.3) is 0 Å². The number of carbonyl (C=O) groups excluding carboxylic acids is 3. The third-order valence-electron chi connectivity index (χ3n) is 5.14. The lowest BCUT2D eigenvalue weighted by molar-refractivity contribution is 0.0527. The average Bonchev–Trinajstić information content (AvgIpc) is 3.42. The Morgan fingerprint density at radius 1 is 1.24 bits per heavy atom. The molecule has 0 bridgehead atoms. The first-order valence-corrected chi connectivity index (χ1v) is 11.8. The topological polar surface area (TPSA) is 107 Å². The van der Waals surface area contributed by atoms with Crippen molar-refractivity contribution in [2.75, 3.05) is 31.7 Å². The van der Waals surface area contributed by atoms with Gasteiger partial charge in [-0.3, -0.25) is 10.3 Å². The molecule has 0 spiro atoms. The first kappa shape index (κ1) is 24.7. The minimum absolute atomic E-state index is 0.0582. The molecule has 1 fully saturated rings. The average molecular weight is 476 g/mol. The number of nitrogens with zero attached hydrogens (tertiary/aromatic N) is 2. The summed E-state index contributed by atoms with van der Waals surface area (Å²) in [5.41, 5.74) is 1.45. The minimum atomic E-state index is -0.602. The van der Waals surface area contributed by atoms with Gasteiger partial charge >= 0.3 is 18.0 Å². The van der Waals surface area contributed by atoms with E-state index in [-0.39, 0.29) is 34.8 Å². The molecule has 0 saturated carbocycles. The molecule has 10 heteroatoms. The number of nitrogens with one attached hydrogen (secondary N) is 1. The second kappa shape index (κ2) is 11.8. The predicted octanol–water partition coefficient (Wildman–Crippen LogP) is 4.02. The van der Waals surface area contributed by atoms with Crippen LogP contribution in [0.15, 0.2) is 24.5 Å². The number of rotatable bonds is 9. The van der Waals surface area contributed by atoms with Crippen molar-refractivity contribution in [3.05, 3.63) is 46.1 Å². The molecule has 1 aliphatic heterocycles.